The van der Waals surface area contributed by atoms with Crippen molar-refractivity contribution in [3.63, 3.8) is 0 Å². The van der Waals surface area contributed by atoms with Gasteiger partial charge in [-0.1, -0.05) is 30.3 Å². The zero-order chi connectivity index (χ0) is 20.4. The van der Waals surface area contributed by atoms with Gasteiger partial charge in [0, 0.05) is 51.3 Å². The van der Waals surface area contributed by atoms with Crippen LogP contribution in [0.3, 0.4) is 0 Å². The van der Waals surface area contributed by atoms with Crippen LogP contribution in [0.4, 0.5) is 0 Å². The van der Waals surface area contributed by atoms with Crippen LogP contribution in [0.2, 0.25) is 0 Å². The Kier molecular flexibility index (Phi) is 9.22. The number of hydrogen-bond acceptors (Lipinski definition) is 4. The van der Waals surface area contributed by atoms with Gasteiger partial charge in [0.05, 0.1) is 19.8 Å². The van der Waals surface area contributed by atoms with Crippen molar-refractivity contribution in [2.45, 2.75) is 38.8 Å². The van der Waals surface area contributed by atoms with Gasteiger partial charge in [0.15, 0.2) is 5.96 Å². The number of nitrogens with one attached hydrogen (secondary N) is 2. The molecule has 6 heteroatoms. The number of methoxy groups -OCH3 is 1. The normalized spacial score (nSPS) is 19.1. The summed E-state index contributed by atoms with van der Waals surface area (Å²) in [6, 6.07) is 10.9. The quantitative estimate of drug-likeness (QED) is 0.365. The summed E-state index contributed by atoms with van der Waals surface area (Å²) in [4.78, 5) is 6.83. The van der Waals surface area contributed by atoms with E-state index in [1.165, 1.54) is 5.56 Å². The predicted octanol–water partition coefficient (Wildman–Crippen LogP) is 2.68. The van der Waals surface area contributed by atoms with E-state index < -0.39 is 0 Å². The van der Waals surface area contributed by atoms with Crippen molar-refractivity contribution < 1.29 is 9.47 Å². The number of ether oxygens (including phenoxy) is 2. The van der Waals surface area contributed by atoms with Crippen molar-refractivity contribution in [2.75, 3.05) is 53.6 Å². The second-order valence-electron chi connectivity index (χ2n) is 8.23. The molecule has 0 radical (unpaired) electrons. The first-order valence-electron chi connectivity index (χ1n) is 10.3. The van der Waals surface area contributed by atoms with Crippen LogP contribution in [0.25, 0.3) is 0 Å². The van der Waals surface area contributed by atoms with Crippen molar-refractivity contribution in [1.82, 2.24) is 15.5 Å². The van der Waals surface area contributed by atoms with Gasteiger partial charge < -0.3 is 25.0 Å². The largest absolute Gasteiger partial charge is 0.382 e. The number of hydrogen-bond donors (Lipinski definition) is 2. The monoisotopic (exact) mass is 390 g/mol. The van der Waals surface area contributed by atoms with E-state index in [1.807, 2.05) is 7.05 Å². The van der Waals surface area contributed by atoms with Crippen LogP contribution in [-0.4, -0.2) is 70.0 Å². The van der Waals surface area contributed by atoms with E-state index in [-0.39, 0.29) is 5.54 Å². The van der Waals surface area contributed by atoms with Gasteiger partial charge in [-0.05, 0) is 32.8 Å². The first kappa shape index (κ1) is 22.7. The van der Waals surface area contributed by atoms with Crippen LogP contribution in [-0.2, 0) is 9.47 Å². The highest BCUT2D eigenvalue weighted by Crippen LogP contribution is 2.18. The summed E-state index contributed by atoms with van der Waals surface area (Å²) in [7, 11) is 3.56. The molecule has 2 N–H and O–H groups in total. The summed E-state index contributed by atoms with van der Waals surface area (Å²) < 4.78 is 10.7. The molecule has 1 aromatic carbocycles. The SMILES string of the molecule is CN=C(NCC(C)(C)NC(C)c1ccccc1)N1CCC(COCCOC)C1. The Balaban J connectivity index is 1.78. The van der Waals surface area contributed by atoms with Gasteiger partial charge in [-0.25, -0.2) is 0 Å². The molecule has 1 aromatic rings. The molecular formula is C22H38N4O2. The van der Waals surface area contributed by atoms with E-state index in [0.29, 0.717) is 25.2 Å². The topological polar surface area (TPSA) is 58.1 Å². The molecule has 1 aliphatic rings. The zero-order valence-electron chi connectivity index (χ0n) is 18.2. The third kappa shape index (κ3) is 7.41. The minimum atomic E-state index is -0.0619. The van der Waals surface area contributed by atoms with Crippen LogP contribution >= 0.6 is 0 Å². The maximum atomic E-state index is 5.70. The zero-order valence-corrected chi connectivity index (χ0v) is 18.2. The fraction of sp³-hybridized carbons (Fsp3) is 0.682. The molecule has 2 atom stereocenters. The van der Waals surface area contributed by atoms with Crippen molar-refractivity contribution in [1.29, 1.82) is 0 Å². The van der Waals surface area contributed by atoms with Crippen molar-refractivity contribution in [3.8, 4) is 0 Å². The molecule has 0 amide bonds. The molecule has 1 heterocycles. The van der Waals surface area contributed by atoms with Crippen LogP contribution in [0, 0.1) is 5.92 Å². The van der Waals surface area contributed by atoms with E-state index in [4.69, 9.17) is 9.47 Å². The molecule has 0 saturated carbocycles. The third-order valence-corrected chi connectivity index (χ3v) is 5.18. The van der Waals surface area contributed by atoms with Crippen LogP contribution in [0.15, 0.2) is 35.3 Å². The number of nitrogens with zero attached hydrogens (tertiary/aromatic N) is 2. The van der Waals surface area contributed by atoms with Crippen molar-refractivity contribution in [2.24, 2.45) is 10.9 Å². The third-order valence-electron chi connectivity index (χ3n) is 5.18. The molecular weight excluding hydrogens is 352 g/mol. The molecule has 158 valence electrons. The molecule has 2 unspecified atom stereocenters. The fourth-order valence-corrected chi connectivity index (χ4v) is 3.65. The molecule has 0 spiro atoms. The first-order valence-corrected chi connectivity index (χ1v) is 10.3. The molecule has 1 aliphatic heterocycles. The van der Waals surface area contributed by atoms with Gasteiger partial charge in [-0.3, -0.25) is 4.99 Å². The summed E-state index contributed by atoms with van der Waals surface area (Å²) in [6.45, 7) is 11.6. The lowest BCUT2D eigenvalue weighted by atomic mass is 10.0. The lowest BCUT2D eigenvalue weighted by Gasteiger charge is -2.32. The second-order valence-corrected chi connectivity index (χ2v) is 8.23. The predicted molar refractivity (Wildman–Crippen MR) is 116 cm³/mol. The Morgan fingerprint density at radius 3 is 2.71 bits per heavy atom. The van der Waals surface area contributed by atoms with E-state index in [1.54, 1.807) is 7.11 Å². The average Bonchev–Trinajstić information content (AvgIpc) is 3.15. The Morgan fingerprint density at radius 1 is 1.29 bits per heavy atom. The number of likely N-dealkylation sites (tertiary alicyclic amines) is 1. The number of rotatable bonds is 10. The number of benzene rings is 1. The summed E-state index contributed by atoms with van der Waals surface area (Å²) in [5.41, 5.74) is 1.24. The van der Waals surface area contributed by atoms with Gasteiger partial charge in [0.2, 0.25) is 0 Å². The van der Waals surface area contributed by atoms with Crippen LogP contribution in [0.1, 0.15) is 38.8 Å². The summed E-state index contributed by atoms with van der Waals surface area (Å²) in [5, 5.41) is 7.28. The second kappa shape index (κ2) is 11.4. The Morgan fingerprint density at radius 2 is 2.04 bits per heavy atom. The van der Waals surface area contributed by atoms with E-state index in [9.17, 15) is 0 Å². The van der Waals surface area contributed by atoms with Gasteiger partial charge >= 0.3 is 0 Å². The number of guanidine groups is 1. The van der Waals surface area contributed by atoms with Gasteiger partial charge in [-0.15, -0.1) is 0 Å². The fourth-order valence-electron chi connectivity index (χ4n) is 3.65. The molecule has 1 fully saturated rings. The average molecular weight is 391 g/mol. The van der Waals surface area contributed by atoms with Crippen molar-refractivity contribution in [3.05, 3.63) is 35.9 Å². The lowest BCUT2D eigenvalue weighted by Crippen LogP contribution is -2.52. The molecule has 0 aromatic heterocycles. The molecule has 1 saturated heterocycles. The van der Waals surface area contributed by atoms with E-state index in [0.717, 1.165) is 38.6 Å². The molecule has 0 aliphatic carbocycles. The maximum absolute atomic E-state index is 5.70. The van der Waals surface area contributed by atoms with Gasteiger partial charge in [0.1, 0.15) is 0 Å². The molecule has 28 heavy (non-hydrogen) atoms. The minimum Gasteiger partial charge on any atom is -0.382 e. The van der Waals surface area contributed by atoms with Crippen LogP contribution < -0.4 is 10.6 Å². The first-order chi connectivity index (χ1) is 13.4. The molecule has 0 bridgehead atoms. The number of aliphatic imine (C=N–C) groups is 1. The van der Waals surface area contributed by atoms with E-state index in [2.05, 4.69) is 71.6 Å². The van der Waals surface area contributed by atoms with Gasteiger partial charge in [-0.2, -0.15) is 0 Å². The Bertz CT molecular complexity index is 591. The lowest BCUT2D eigenvalue weighted by molar-refractivity contribution is 0.0536. The van der Waals surface area contributed by atoms with Crippen molar-refractivity contribution >= 4 is 5.96 Å². The van der Waals surface area contributed by atoms with Gasteiger partial charge in [0.25, 0.3) is 0 Å². The standard InChI is InChI=1S/C22H38N4O2/c1-18(20-9-7-6-8-10-20)25-22(2,3)17-24-21(23-4)26-12-11-19(15-26)16-28-14-13-27-5/h6-10,18-19,25H,11-17H2,1-5H3,(H,23,24). The summed E-state index contributed by atoms with van der Waals surface area (Å²) >= 11 is 0. The summed E-state index contributed by atoms with van der Waals surface area (Å²) in [5.74, 6) is 1.53. The molecule has 2 rings (SSSR count). The molecule has 6 nitrogen and oxygen atoms in total. The Labute approximate surface area is 170 Å². The van der Waals surface area contributed by atoms with E-state index >= 15 is 0 Å². The maximum Gasteiger partial charge on any atom is 0.193 e. The highest BCUT2D eigenvalue weighted by molar-refractivity contribution is 5.80. The highest BCUT2D eigenvalue weighted by Gasteiger charge is 2.27. The van der Waals surface area contributed by atoms with Crippen LogP contribution in [0.5, 0.6) is 0 Å². The Hall–Kier alpha value is -1.63. The minimum absolute atomic E-state index is 0.0619. The summed E-state index contributed by atoms with van der Waals surface area (Å²) in [6.07, 6.45) is 1.14. The highest BCUT2D eigenvalue weighted by atomic mass is 16.5. The smallest absolute Gasteiger partial charge is 0.193 e.